The minimum Gasteiger partial charge on any atom is -1.00 e. The average Bonchev–Trinajstić information content (AvgIpc) is 2.85. The van der Waals surface area contributed by atoms with Gasteiger partial charge in [-0.25, -0.2) is 0 Å². The van der Waals surface area contributed by atoms with Gasteiger partial charge in [0.2, 0.25) is 0 Å². The lowest BCUT2D eigenvalue weighted by molar-refractivity contribution is -0.00000333. The van der Waals surface area contributed by atoms with Crippen molar-refractivity contribution in [2.75, 3.05) is 0 Å². The van der Waals surface area contributed by atoms with Crippen LogP contribution in [0.3, 0.4) is 0 Å². The molecule has 0 saturated carbocycles. The Balaban J connectivity index is 0.000000602. The first kappa shape index (κ1) is 11.3. The van der Waals surface area contributed by atoms with Gasteiger partial charge in [0.05, 0.1) is 5.54 Å². The number of thiophene rings is 1. The van der Waals surface area contributed by atoms with Crippen LogP contribution < -0.4 is 17.7 Å². The summed E-state index contributed by atoms with van der Waals surface area (Å²) in [7, 11) is 0. The van der Waals surface area contributed by atoms with Crippen LogP contribution in [0, 0.1) is 0 Å². The number of fused-ring (bicyclic) bond motifs is 7. The molecule has 1 aromatic heterocycles. The largest absolute Gasteiger partial charge is 1.00 e. The van der Waals surface area contributed by atoms with Crippen molar-refractivity contribution in [2.45, 2.75) is 24.9 Å². The van der Waals surface area contributed by atoms with Gasteiger partial charge in [0, 0.05) is 17.3 Å². The van der Waals surface area contributed by atoms with E-state index in [4.69, 9.17) is 0 Å². The van der Waals surface area contributed by atoms with Gasteiger partial charge in [0.15, 0.2) is 0 Å². The first-order valence-corrected chi connectivity index (χ1v) is 6.61. The van der Waals surface area contributed by atoms with Crippen LogP contribution in [0.1, 0.15) is 36.0 Å². The Morgan fingerprint density at radius 3 is 3.00 bits per heavy atom. The Morgan fingerprint density at radius 2 is 2.12 bits per heavy atom. The van der Waals surface area contributed by atoms with Crippen molar-refractivity contribution in [3.8, 4) is 0 Å². The fourth-order valence-corrected chi connectivity index (χ4v) is 4.30. The summed E-state index contributed by atoms with van der Waals surface area (Å²) in [6.45, 7) is 2.32. The van der Waals surface area contributed by atoms with Gasteiger partial charge in [-0.3, -0.25) is 5.32 Å². The third-order valence-corrected chi connectivity index (χ3v) is 4.95. The molecule has 2 bridgehead atoms. The maximum atomic E-state index is 3.78. The topological polar surface area (TPSA) is 12.0 Å². The fraction of sp³-hybridized carbons (Fsp3) is 0.286. The first-order chi connectivity index (χ1) is 7.79. The first-order valence-electron chi connectivity index (χ1n) is 5.73. The van der Waals surface area contributed by atoms with E-state index in [0.29, 0.717) is 6.04 Å². The maximum absolute atomic E-state index is 3.78. The van der Waals surface area contributed by atoms with Crippen molar-refractivity contribution in [3.63, 3.8) is 0 Å². The van der Waals surface area contributed by atoms with Crippen LogP contribution in [0.15, 0.2) is 35.7 Å². The van der Waals surface area contributed by atoms with Gasteiger partial charge >= 0.3 is 1.43 Å². The quantitative estimate of drug-likeness (QED) is 0.722. The van der Waals surface area contributed by atoms with Gasteiger partial charge < -0.3 is 12.4 Å². The van der Waals surface area contributed by atoms with Crippen molar-refractivity contribution in [1.82, 2.24) is 5.32 Å². The van der Waals surface area contributed by atoms with Crippen molar-refractivity contribution >= 4 is 11.3 Å². The normalized spacial score (nSPS) is 28.2. The Kier molecular flexibility index (Phi) is 2.37. The molecule has 0 fully saturated rings. The number of halogens is 1. The molecule has 88 valence electrons. The number of nitrogens with one attached hydrogen (secondary N) is 1. The third-order valence-electron chi connectivity index (χ3n) is 4.01. The number of rotatable bonds is 0. The van der Waals surface area contributed by atoms with Gasteiger partial charge in [-0.15, -0.1) is 11.3 Å². The highest BCUT2D eigenvalue weighted by Crippen LogP contribution is 2.49. The van der Waals surface area contributed by atoms with Gasteiger partial charge in [-0.05, 0) is 35.1 Å². The van der Waals surface area contributed by atoms with E-state index in [9.17, 15) is 0 Å². The zero-order chi connectivity index (χ0) is 10.8. The summed E-state index contributed by atoms with van der Waals surface area (Å²) in [5, 5.41) is 6.00. The Hall–Kier alpha value is -0.830. The van der Waals surface area contributed by atoms with Gasteiger partial charge in [-0.2, -0.15) is 0 Å². The summed E-state index contributed by atoms with van der Waals surface area (Å²) in [6.07, 6.45) is 1.15. The molecule has 0 saturated heterocycles. The molecule has 2 aromatic rings. The van der Waals surface area contributed by atoms with Crippen molar-refractivity contribution in [2.24, 2.45) is 0 Å². The van der Waals surface area contributed by atoms with Crippen LogP contribution >= 0.6 is 11.3 Å². The Labute approximate surface area is 113 Å². The lowest BCUT2D eigenvalue weighted by Gasteiger charge is -2.32. The SMILES string of the molecule is CC12NC(Cc3sccc31)c1ccccc12.[Cl-].[H+]. The molecule has 4 rings (SSSR count). The lowest BCUT2D eigenvalue weighted by Crippen LogP contribution is -3.00. The molecule has 0 radical (unpaired) electrons. The third kappa shape index (κ3) is 1.29. The summed E-state index contributed by atoms with van der Waals surface area (Å²) in [4.78, 5) is 1.56. The summed E-state index contributed by atoms with van der Waals surface area (Å²) < 4.78 is 0. The molecule has 0 amide bonds. The molecule has 17 heavy (non-hydrogen) atoms. The molecule has 3 heteroatoms. The van der Waals surface area contributed by atoms with E-state index in [1.165, 1.54) is 16.7 Å². The second kappa shape index (κ2) is 3.58. The molecule has 3 heterocycles. The van der Waals surface area contributed by atoms with E-state index in [1.807, 2.05) is 11.3 Å². The number of hydrogen-bond acceptors (Lipinski definition) is 2. The van der Waals surface area contributed by atoms with Crippen LogP contribution in [0.25, 0.3) is 0 Å². The summed E-state index contributed by atoms with van der Waals surface area (Å²) in [6, 6.07) is 11.7. The smallest absolute Gasteiger partial charge is 1.00 e. The van der Waals surface area contributed by atoms with Crippen LogP contribution in [-0.4, -0.2) is 0 Å². The molecule has 0 spiro atoms. The molecule has 2 aliphatic heterocycles. The van der Waals surface area contributed by atoms with Crippen LogP contribution in [0.2, 0.25) is 0 Å². The highest BCUT2D eigenvalue weighted by Gasteiger charge is 2.45. The molecule has 1 nitrogen and oxygen atoms in total. The second-order valence-corrected chi connectivity index (χ2v) is 5.87. The van der Waals surface area contributed by atoms with Crippen molar-refractivity contribution in [3.05, 3.63) is 57.3 Å². The number of hydrogen-bond donors (Lipinski definition) is 1. The molecule has 1 N–H and O–H groups in total. The molecule has 1 aromatic carbocycles. The van der Waals surface area contributed by atoms with E-state index < -0.39 is 0 Å². The van der Waals surface area contributed by atoms with Crippen molar-refractivity contribution in [1.29, 1.82) is 0 Å². The van der Waals surface area contributed by atoms with Gasteiger partial charge in [-0.1, -0.05) is 24.3 Å². The molecular formula is C14H14ClNS. The fourth-order valence-electron chi connectivity index (χ4n) is 3.27. The van der Waals surface area contributed by atoms with Crippen LogP contribution in [-0.2, 0) is 12.0 Å². The average molecular weight is 264 g/mol. The summed E-state index contributed by atoms with van der Waals surface area (Å²) in [5.41, 5.74) is 4.50. The minimum atomic E-state index is 0. The molecular weight excluding hydrogens is 250 g/mol. The zero-order valence-electron chi connectivity index (χ0n) is 10.5. The van der Waals surface area contributed by atoms with Crippen LogP contribution in [0.4, 0.5) is 0 Å². The standard InChI is InChI=1S/C14H13NS.ClH/c1-14-10-5-3-2-4-9(10)12(15-14)8-13-11(14)6-7-16-13;/h2-7,12,15H,8H2,1H3;1H. The Morgan fingerprint density at radius 1 is 1.29 bits per heavy atom. The monoisotopic (exact) mass is 263 g/mol. The minimum absolute atomic E-state index is 0. The van der Waals surface area contributed by atoms with Crippen LogP contribution in [0.5, 0.6) is 0 Å². The maximum Gasteiger partial charge on any atom is 1.00 e. The predicted molar refractivity (Wildman–Crippen MR) is 67.9 cm³/mol. The van der Waals surface area contributed by atoms with Gasteiger partial charge in [0.1, 0.15) is 0 Å². The van der Waals surface area contributed by atoms with E-state index in [2.05, 4.69) is 48.0 Å². The molecule has 0 aliphatic carbocycles. The van der Waals surface area contributed by atoms with E-state index in [-0.39, 0.29) is 19.4 Å². The molecule has 2 atom stereocenters. The van der Waals surface area contributed by atoms with E-state index in [1.54, 1.807) is 4.88 Å². The second-order valence-electron chi connectivity index (χ2n) is 4.87. The Bertz CT molecular complexity index is 583. The summed E-state index contributed by atoms with van der Waals surface area (Å²) >= 11 is 1.90. The van der Waals surface area contributed by atoms with E-state index in [0.717, 1.165) is 6.42 Å². The van der Waals surface area contributed by atoms with Gasteiger partial charge in [0.25, 0.3) is 0 Å². The molecule has 2 unspecified atom stereocenters. The molecule has 2 aliphatic rings. The lowest BCUT2D eigenvalue weighted by atomic mass is 9.86. The highest BCUT2D eigenvalue weighted by molar-refractivity contribution is 7.10. The number of benzene rings is 1. The zero-order valence-corrected chi connectivity index (χ0v) is 11.1. The highest BCUT2D eigenvalue weighted by atomic mass is 35.5. The van der Waals surface area contributed by atoms with E-state index >= 15 is 0 Å². The predicted octanol–water partition coefficient (Wildman–Crippen LogP) is 0.328. The van der Waals surface area contributed by atoms with Crippen molar-refractivity contribution < 1.29 is 13.8 Å². The summed E-state index contributed by atoms with van der Waals surface area (Å²) in [5.74, 6) is 0.